The van der Waals surface area contributed by atoms with Gasteiger partial charge in [-0.3, -0.25) is 4.79 Å². The first-order valence-corrected chi connectivity index (χ1v) is 16.0. The van der Waals surface area contributed by atoms with E-state index in [1.165, 1.54) is 43.1 Å². The number of amides is 1. The number of halogens is 2. The van der Waals surface area contributed by atoms with Crippen molar-refractivity contribution in [2.24, 2.45) is 0 Å². The summed E-state index contributed by atoms with van der Waals surface area (Å²) in [6.07, 6.45) is 5.01. The fraction of sp³-hybridized carbons (Fsp3) is 0.500. The number of anilines is 1. The van der Waals surface area contributed by atoms with Gasteiger partial charge in [0.25, 0.3) is 15.9 Å². The Labute approximate surface area is 245 Å². The number of thioether (sulfide) groups is 1. The highest BCUT2D eigenvalue weighted by atomic mass is 35.5. The van der Waals surface area contributed by atoms with E-state index in [9.17, 15) is 22.9 Å². The summed E-state index contributed by atoms with van der Waals surface area (Å²) in [6, 6.07) is 10.6. The molecule has 0 bridgehead atoms. The van der Waals surface area contributed by atoms with E-state index in [2.05, 4.69) is 10.0 Å². The number of ether oxygens (including phenoxy) is 1. The lowest BCUT2D eigenvalue weighted by atomic mass is 9.93. The number of hydrogen-bond donors (Lipinski definition) is 2. The number of benzene rings is 2. The predicted octanol–water partition coefficient (Wildman–Crippen LogP) is 5.42. The second kappa shape index (κ2) is 14.5. The molecule has 0 aromatic heterocycles. The van der Waals surface area contributed by atoms with Gasteiger partial charge < -0.3 is 15.0 Å². The Morgan fingerprint density at radius 3 is 2.42 bits per heavy atom. The van der Waals surface area contributed by atoms with E-state index in [1.54, 1.807) is 12.1 Å². The van der Waals surface area contributed by atoms with Crippen LogP contribution in [0.2, 0.25) is 5.02 Å². The van der Waals surface area contributed by atoms with E-state index in [0.717, 1.165) is 37.1 Å². The Hall–Kier alpha value is -2.36. The third-order valence-corrected chi connectivity index (χ3v) is 9.76. The Balaban J connectivity index is 1.83. The molecule has 2 N–H and O–H groups in total. The minimum Gasteiger partial charge on any atom is -0.379 e. The van der Waals surface area contributed by atoms with Gasteiger partial charge in [0.15, 0.2) is 0 Å². The quantitative estimate of drug-likeness (QED) is 0.242. The van der Waals surface area contributed by atoms with Gasteiger partial charge in [0.2, 0.25) is 0 Å². The molecule has 1 saturated carbocycles. The van der Waals surface area contributed by atoms with E-state index in [-0.39, 0.29) is 27.3 Å². The van der Waals surface area contributed by atoms with Crippen molar-refractivity contribution in [1.82, 2.24) is 9.62 Å². The van der Waals surface area contributed by atoms with Gasteiger partial charge in [0, 0.05) is 23.8 Å². The van der Waals surface area contributed by atoms with Gasteiger partial charge in [0.05, 0.1) is 21.2 Å². The van der Waals surface area contributed by atoms with Crippen molar-refractivity contribution < 1.29 is 22.3 Å². The molecule has 3 rings (SSSR count). The average molecular weight is 611 g/mol. The number of nitrogens with zero attached hydrogens (tertiary/aromatic N) is 2. The Morgan fingerprint density at radius 2 is 1.85 bits per heavy atom. The molecule has 40 heavy (non-hydrogen) atoms. The molecule has 0 saturated heterocycles. The van der Waals surface area contributed by atoms with Crippen LogP contribution in [0.4, 0.5) is 10.1 Å². The highest BCUT2D eigenvalue weighted by Crippen LogP contribution is 2.33. The van der Waals surface area contributed by atoms with Gasteiger partial charge in [-0.25, -0.2) is 17.5 Å². The molecule has 1 amide bonds. The van der Waals surface area contributed by atoms with Gasteiger partial charge in [-0.2, -0.15) is 5.26 Å². The van der Waals surface area contributed by atoms with Crippen molar-refractivity contribution in [1.29, 1.82) is 5.26 Å². The number of hydrogen-bond acceptors (Lipinski definition) is 8. The molecule has 2 aromatic carbocycles. The monoisotopic (exact) mass is 610 g/mol. The largest absolute Gasteiger partial charge is 0.379 e. The first kappa shape index (κ1) is 32.2. The maximum atomic E-state index is 13.3. The minimum absolute atomic E-state index is 0.0397. The highest BCUT2D eigenvalue weighted by Gasteiger charge is 2.41. The third-order valence-electron chi connectivity index (χ3n) is 6.98. The lowest BCUT2D eigenvalue weighted by molar-refractivity contribution is -0.143. The summed E-state index contributed by atoms with van der Waals surface area (Å²) in [7, 11) is 1.00. The molecule has 2 aromatic rings. The van der Waals surface area contributed by atoms with Gasteiger partial charge in [-0.1, -0.05) is 37.3 Å². The standard InChI is InChI=1S/C28H36ClFN4O4S2/c1-34(2)15-12-22(19-39-23-10-8-21(30)9-11-23)32-26-20(18-31)16-24(17-25(26)29)40(36,37)33-27(35)28(38-3)13-6-4-5-7-14-28/h8-11,16-17,22,32H,4-7,12-15,19H2,1-3H3,(H,33,35)/t22-/m1/s1. The zero-order valence-electron chi connectivity index (χ0n) is 23.0. The molecule has 0 heterocycles. The summed E-state index contributed by atoms with van der Waals surface area (Å²) < 4.78 is 47.5. The van der Waals surface area contributed by atoms with Crippen molar-refractivity contribution >= 4 is 45.0 Å². The maximum absolute atomic E-state index is 13.3. The van der Waals surface area contributed by atoms with Crippen LogP contribution in [0.5, 0.6) is 0 Å². The summed E-state index contributed by atoms with van der Waals surface area (Å²) >= 11 is 8.08. The summed E-state index contributed by atoms with van der Waals surface area (Å²) in [5, 5.41) is 13.3. The molecule has 0 spiro atoms. The summed E-state index contributed by atoms with van der Waals surface area (Å²) in [5.74, 6) is -0.430. The fourth-order valence-electron chi connectivity index (χ4n) is 4.61. The van der Waals surface area contributed by atoms with Crippen LogP contribution in [0.25, 0.3) is 0 Å². The molecule has 1 aliphatic rings. The fourth-order valence-corrected chi connectivity index (χ4v) is 7.02. The Bertz CT molecular complexity index is 1310. The van der Waals surface area contributed by atoms with Gasteiger partial charge in [-0.05, 0) is 76.3 Å². The molecule has 8 nitrogen and oxygen atoms in total. The normalized spacial score (nSPS) is 16.1. The van der Waals surface area contributed by atoms with Gasteiger partial charge >= 0.3 is 0 Å². The Kier molecular flexibility index (Phi) is 11.7. The number of sulfonamides is 1. The summed E-state index contributed by atoms with van der Waals surface area (Å²) in [4.78, 5) is 15.8. The molecular formula is C28H36ClFN4O4S2. The smallest absolute Gasteiger partial charge is 0.265 e. The molecule has 0 radical (unpaired) electrons. The number of methoxy groups -OCH3 is 1. The predicted molar refractivity (Wildman–Crippen MR) is 157 cm³/mol. The van der Waals surface area contributed by atoms with Crippen LogP contribution < -0.4 is 10.0 Å². The zero-order valence-corrected chi connectivity index (χ0v) is 25.4. The highest BCUT2D eigenvalue weighted by molar-refractivity contribution is 7.99. The summed E-state index contributed by atoms with van der Waals surface area (Å²) in [6.45, 7) is 0.751. The van der Waals surface area contributed by atoms with E-state index < -0.39 is 21.5 Å². The zero-order chi connectivity index (χ0) is 29.3. The molecule has 1 aliphatic carbocycles. The van der Waals surface area contributed by atoms with E-state index in [1.807, 2.05) is 25.1 Å². The molecule has 218 valence electrons. The van der Waals surface area contributed by atoms with Crippen LogP contribution in [0.15, 0.2) is 46.2 Å². The molecule has 1 atom stereocenters. The van der Waals surface area contributed by atoms with E-state index >= 15 is 0 Å². The van der Waals surface area contributed by atoms with Crippen LogP contribution >= 0.6 is 23.4 Å². The van der Waals surface area contributed by atoms with Crippen LogP contribution in [0.3, 0.4) is 0 Å². The molecular weight excluding hydrogens is 575 g/mol. The topological polar surface area (TPSA) is 112 Å². The van der Waals surface area contributed by atoms with Crippen LogP contribution in [-0.4, -0.2) is 64.4 Å². The third kappa shape index (κ3) is 8.57. The minimum atomic E-state index is -4.32. The lowest BCUT2D eigenvalue weighted by Gasteiger charge is -2.29. The van der Waals surface area contributed by atoms with Gasteiger partial charge in [0.1, 0.15) is 17.5 Å². The number of rotatable bonds is 12. The number of carbonyl (C=O) groups excluding carboxylic acids is 1. The first-order valence-electron chi connectivity index (χ1n) is 13.2. The first-order chi connectivity index (χ1) is 19.0. The summed E-state index contributed by atoms with van der Waals surface area (Å²) in [5.41, 5.74) is -0.859. The van der Waals surface area contributed by atoms with Crippen molar-refractivity contribution in [3.63, 3.8) is 0 Å². The van der Waals surface area contributed by atoms with Crippen molar-refractivity contribution in [3.05, 3.63) is 52.8 Å². The van der Waals surface area contributed by atoms with E-state index in [4.69, 9.17) is 16.3 Å². The maximum Gasteiger partial charge on any atom is 0.265 e. The number of carbonyl (C=O) groups is 1. The molecule has 12 heteroatoms. The van der Waals surface area contributed by atoms with Crippen LogP contribution in [-0.2, 0) is 19.6 Å². The van der Waals surface area contributed by atoms with E-state index in [0.29, 0.717) is 30.7 Å². The molecule has 1 fully saturated rings. The van der Waals surface area contributed by atoms with Crippen LogP contribution in [0.1, 0.15) is 50.5 Å². The molecule has 0 unspecified atom stereocenters. The van der Waals surface area contributed by atoms with Crippen molar-refractivity contribution in [3.8, 4) is 6.07 Å². The van der Waals surface area contributed by atoms with Crippen molar-refractivity contribution in [2.75, 3.05) is 38.8 Å². The number of nitrogens with one attached hydrogen (secondary N) is 2. The second-order valence-electron chi connectivity index (χ2n) is 10.2. The van der Waals surface area contributed by atoms with Crippen molar-refractivity contribution in [2.45, 2.75) is 66.4 Å². The lowest BCUT2D eigenvalue weighted by Crippen LogP contribution is -2.49. The van der Waals surface area contributed by atoms with Crippen LogP contribution in [0, 0.1) is 17.1 Å². The molecule has 0 aliphatic heterocycles. The van der Waals surface area contributed by atoms with Gasteiger partial charge in [-0.15, -0.1) is 11.8 Å². The number of nitriles is 1. The average Bonchev–Trinajstić information content (AvgIpc) is 3.18. The SMILES string of the molecule is COC1(C(=O)NS(=O)(=O)c2cc(Cl)c(N[C@H](CCN(C)C)CSc3ccc(F)cc3)c(C#N)c2)CCCCCC1. The Morgan fingerprint density at radius 1 is 1.20 bits per heavy atom. The second-order valence-corrected chi connectivity index (χ2v) is 13.4.